The van der Waals surface area contributed by atoms with Gasteiger partial charge in [-0.2, -0.15) is 18.3 Å². The van der Waals surface area contributed by atoms with Crippen molar-refractivity contribution in [3.05, 3.63) is 52.4 Å². The molecular weight excluding hydrogens is 429 g/mol. The lowest BCUT2D eigenvalue weighted by Crippen LogP contribution is -2.31. The lowest BCUT2D eigenvalue weighted by Gasteiger charge is -2.15. The standard InChI is InChI=1S/C18H16ClF3N4O4/c1-30-17(29)11-9-25(6-7-27)16(28)15(11)23-10-2-3-13(12(19)8-10)26-5-4-14(24-26)18(20,21)22/h2-5,8,23,27H,6-7,9H2,1H3. The smallest absolute Gasteiger partial charge is 0.435 e. The molecule has 8 nitrogen and oxygen atoms in total. The number of carbonyl (C=O) groups is 2. The Bertz CT molecular complexity index is 1020. The zero-order chi connectivity index (χ0) is 22.1. The molecule has 0 bridgehead atoms. The number of aliphatic hydroxyl groups excluding tert-OH is 1. The van der Waals surface area contributed by atoms with Crippen LogP contribution in [0.5, 0.6) is 0 Å². The van der Waals surface area contributed by atoms with Crippen LogP contribution < -0.4 is 5.32 Å². The van der Waals surface area contributed by atoms with E-state index in [0.717, 1.165) is 16.9 Å². The summed E-state index contributed by atoms with van der Waals surface area (Å²) in [5.41, 5.74) is -0.494. The quantitative estimate of drug-likeness (QED) is 0.663. The summed E-state index contributed by atoms with van der Waals surface area (Å²) < 4.78 is 43.9. The van der Waals surface area contributed by atoms with Gasteiger partial charge in [0, 0.05) is 18.4 Å². The summed E-state index contributed by atoms with van der Waals surface area (Å²) in [5.74, 6) is -1.21. The number of benzene rings is 1. The predicted octanol–water partition coefficient (Wildman–Crippen LogP) is 2.22. The van der Waals surface area contributed by atoms with Gasteiger partial charge in [-0.3, -0.25) is 4.79 Å². The van der Waals surface area contributed by atoms with E-state index in [-0.39, 0.29) is 41.7 Å². The van der Waals surface area contributed by atoms with Crippen LogP contribution in [-0.4, -0.2) is 58.5 Å². The van der Waals surface area contributed by atoms with E-state index in [1.54, 1.807) is 0 Å². The first kappa shape index (κ1) is 21.7. The number of β-amino-alcohol motifs (C(OH)–C–C–N with tert-alkyl or cyclic N) is 1. The van der Waals surface area contributed by atoms with Gasteiger partial charge in [-0.15, -0.1) is 0 Å². The number of hydrogen-bond donors (Lipinski definition) is 2. The van der Waals surface area contributed by atoms with Crippen molar-refractivity contribution in [3.8, 4) is 5.69 Å². The number of methoxy groups -OCH3 is 1. The molecule has 2 heterocycles. The molecule has 1 aromatic heterocycles. The number of hydrogen-bond acceptors (Lipinski definition) is 6. The highest BCUT2D eigenvalue weighted by Gasteiger charge is 2.35. The number of esters is 1. The third kappa shape index (κ3) is 4.26. The largest absolute Gasteiger partial charge is 0.466 e. The van der Waals surface area contributed by atoms with Crippen LogP contribution >= 0.6 is 11.6 Å². The van der Waals surface area contributed by atoms with Gasteiger partial charge in [0.05, 0.1) is 36.5 Å². The second kappa shape index (κ2) is 8.36. The molecule has 0 saturated carbocycles. The van der Waals surface area contributed by atoms with Crippen LogP contribution in [0.15, 0.2) is 41.7 Å². The number of anilines is 1. The monoisotopic (exact) mass is 444 g/mol. The van der Waals surface area contributed by atoms with Crippen LogP contribution in [0.2, 0.25) is 5.02 Å². The normalized spacial score (nSPS) is 14.5. The highest BCUT2D eigenvalue weighted by Crippen LogP contribution is 2.31. The molecule has 0 spiro atoms. The number of ether oxygens (including phenoxy) is 1. The van der Waals surface area contributed by atoms with Crippen LogP contribution in [0.4, 0.5) is 18.9 Å². The van der Waals surface area contributed by atoms with Gasteiger partial charge in [0.2, 0.25) is 0 Å². The van der Waals surface area contributed by atoms with Crippen LogP contribution in [-0.2, 0) is 20.5 Å². The van der Waals surface area contributed by atoms with Crippen molar-refractivity contribution in [2.75, 3.05) is 32.1 Å². The van der Waals surface area contributed by atoms with Crippen LogP contribution in [0.1, 0.15) is 5.69 Å². The molecule has 3 rings (SSSR count). The van der Waals surface area contributed by atoms with Gasteiger partial charge in [-0.1, -0.05) is 11.6 Å². The number of nitrogens with one attached hydrogen (secondary N) is 1. The Balaban J connectivity index is 1.88. The lowest BCUT2D eigenvalue weighted by molar-refractivity contribution is -0.141. The van der Waals surface area contributed by atoms with Gasteiger partial charge >= 0.3 is 12.1 Å². The summed E-state index contributed by atoms with van der Waals surface area (Å²) in [6, 6.07) is 5.10. The number of halogens is 4. The molecule has 0 atom stereocenters. The van der Waals surface area contributed by atoms with Crippen LogP contribution in [0.25, 0.3) is 5.69 Å². The second-order valence-electron chi connectivity index (χ2n) is 6.23. The fourth-order valence-corrected chi connectivity index (χ4v) is 3.14. The number of alkyl halides is 3. The maximum Gasteiger partial charge on any atom is 0.435 e. The van der Waals surface area contributed by atoms with Crippen molar-refractivity contribution in [2.45, 2.75) is 6.18 Å². The first-order valence-corrected chi connectivity index (χ1v) is 8.95. The molecule has 0 unspecified atom stereocenters. The van der Waals surface area contributed by atoms with Crippen molar-refractivity contribution < 1.29 is 32.6 Å². The number of rotatable bonds is 6. The number of carbonyl (C=O) groups excluding carboxylic acids is 2. The van der Waals surface area contributed by atoms with E-state index in [1.807, 2.05) is 0 Å². The maximum atomic E-state index is 12.8. The molecule has 0 aliphatic carbocycles. The Labute approximate surface area is 173 Å². The summed E-state index contributed by atoms with van der Waals surface area (Å²) in [6.07, 6.45) is -3.46. The molecule has 2 N–H and O–H groups in total. The van der Waals surface area contributed by atoms with Gasteiger partial charge in [0.1, 0.15) is 5.70 Å². The second-order valence-corrected chi connectivity index (χ2v) is 6.64. The van der Waals surface area contributed by atoms with Gasteiger partial charge in [-0.25, -0.2) is 9.48 Å². The molecule has 1 aliphatic heterocycles. The Morgan fingerprint density at radius 1 is 1.37 bits per heavy atom. The summed E-state index contributed by atoms with van der Waals surface area (Å²) in [4.78, 5) is 25.8. The molecule has 1 aromatic carbocycles. The van der Waals surface area contributed by atoms with Crippen molar-refractivity contribution in [1.82, 2.24) is 14.7 Å². The van der Waals surface area contributed by atoms with Crippen molar-refractivity contribution >= 4 is 29.2 Å². The first-order valence-electron chi connectivity index (χ1n) is 8.57. The van der Waals surface area contributed by atoms with Crippen molar-refractivity contribution in [1.29, 1.82) is 0 Å². The molecule has 2 aromatic rings. The van der Waals surface area contributed by atoms with E-state index in [4.69, 9.17) is 21.4 Å². The fraction of sp³-hybridized carbons (Fsp3) is 0.278. The fourth-order valence-electron chi connectivity index (χ4n) is 2.87. The van der Waals surface area contributed by atoms with E-state index in [2.05, 4.69) is 10.4 Å². The first-order chi connectivity index (χ1) is 14.2. The molecule has 30 heavy (non-hydrogen) atoms. The van der Waals surface area contributed by atoms with E-state index in [9.17, 15) is 22.8 Å². The van der Waals surface area contributed by atoms with Gasteiger partial charge < -0.3 is 20.1 Å². The summed E-state index contributed by atoms with van der Waals surface area (Å²) in [6.45, 7) is -0.281. The number of nitrogens with zero attached hydrogens (tertiary/aromatic N) is 3. The molecule has 0 radical (unpaired) electrons. The van der Waals surface area contributed by atoms with E-state index in [0.29, 0.717) is 5.69 Å². The molecule has 12 heteroatoms. The average Bonchev–Trinajstić information content (AvgIpc) is 3.29. The highest BCUT2D eigenvalue weighted by molar-refractivity contribution is 6.32. The molecule has 160 valence electrons. The highest BCUT2D eigenvalue weighted by atomic mass is 35.5. The Morgan fingerprint density at radius 2 is 2.10 bits per heavy atom. The lowest BCUT2D eigenvalue weighted by atomic mass is 10.2. The predicted molar refractivity (Wildman–Crippen MR) is 99.9 cm³/mol. The van der Waals surface area contributed by atoms with Crippen LogP contribution in [0.3, 0.4) is 0 Å². The topological polar surface area (TPSA) is 96.7 Å². The zero-order valence-electron chi connectivity index (χ0n) is 15.5. The molecular formula is C18H16ClF3N4O4. The average molecular weight is 445 g/mol. The van der Waals surface area contributed by atoms with E-state index in [1.165, 1.54) is 30.2 Å². The van der Waals surface area contributed by atoms with E-state index < -0.39 is 23.7 Å². The van der Waals surface area contributed by atoms with Crippen LogP contribution in [0, 0.1) is 0 Å². The van der Waals surface area contributed by atoms with Gasteiger partial charge in [0.25, 0.3) is 5.91 Å². The Hall–Kier alpha value is -3.05. The minimum Gasteiger partial charge on any atom is -0.466 e. The van der Waals surface area contributed by atoms with Gasteiger partial charge in [0.15, 0.2) is 5.69 Å². The number of aliphatic hydroxyl groups is 1. The van der Waals surface area contributed by atoms with Crippen molar-refractivity contribution in [3.63, 3.8) is 0 Å². The summed E-state index contributed by atoms with van der Waals surface area (Å²) in [7, 11) is 1.18. The third-order valence-electron chi connectivity index (χ3n) is 4.30. The maximum absolute atomic E-state index is 12.8. The minimum atomic E-state index is -4.58. The third-order valence-corrected chi connectivity index (χ3v) is 4.60. The molecule has 0 saturated heterocycles. The SMILES string of the molecule is COC(=O)C1=C(Nc2ccc(-n3ccc(C(F)(F)F)n3)c(Cl)c2)C(=O)N(CCO)C1. The minimum absolute atomic E-state index is 0.0300. The molecule has 0 fully saturated rings. The Kier molecular flexibility index (Phi) is 6.04. The number of amides is 1. The summed E-state index contributed by atoms with van der Waals surface area (Å²) in [5, 5.41) is 15.4. The molecule has 1 amide bonds. The van der Waals surface area contributed by atoms with E-state index >= 15 is 0 Å². The summed E-state index contributed by atoms with van der Waals surface area (Å²) >= 11 is 6.20. The molecule has 1 aliphatic rings. The van der Waals surface area contributed by atoms with Gasteiger partial charge in [-0.05, 0) is 24.3 Å². The Morgan fingerprint density at radius 3 is 2.67 bits per heavy atom. The zero-order valence-corrected chi connectivity index (χ0v) is 16.3. The van der Waals surface area contributed by atoms with Crippen molar-refractivity contribution in [2.24, 2.45) is 0 Å². The number of aromatic nitrogens is 2.